The van der Waals surface area contributed by atoms with E-state index in [0.717, 1.165) is 15.9 Å². The SMILES string of the molecule is Cc1c(CNC(=O)c2cc3n(n2)C(C(F)(F)F)CC(c2ccc4c(c2)OCO4)N3)cnn1C. The number of halogens is 3. The van der Waals surface area contributed by atoms with Gasteiger partial charge in [-0.15, -0.1) is 0 Å². The Bertz CT molecular complexity index is 1220. The molecule has 12 heteroatoms. The van der Waals surface area contributed by atoms with Gasteiger partial charge in [0.25, 0.3) is 5.91 Å². The number of rotatable bonds is 4. The Kier molecular flexibility index (Phi) is 4.94. The van der Waals surface area contributed by atoms with Crippen molar-refractivity contribution in [1.82, 2.24) is 24.9 Å². The number of nitrogens with zero attached hydrogens (tertiary/aromatic N) is 4. The van der Waals surface area contributed by atoms with Crippen molar-refractivity contribution in [1.29, 1.82) is 0 Å². The Labute approximate surface area is 186 Å². The van der Waals surface area contributed by atoms with Crippen molar-refractivity contribution in [3.8, 4) is 11.5 Å². The van der Waals surface area contributed by atoms with Crippen LogP contribution in [0.25, 0.3) is 0 Å². The number of fused-ring (bicyclic) bond motifs is 2. The van der Waals surface area contributed by atoms with E-state index in [4.69, 9.17) is 9.47 Å². The summed E-state index contributed by atoms with van der Waals surface area (Å²) >= 11 is 0. The molecule has 0 saturated carbocycles. The van der Waals surface area contributed by atoms with E-state index >= 15 is 0 Å². The number of ether oxygens (including phenoxy) is 2. The molecule has 33 heavy (non-hydrogen) atoms. The average molecular weight is 462 g/mol. The molecule has 9 nitrogen and oxygen atoms in total. The maximum atomic E-state index is 13.9. The van der Waals surface area contributed by atoms with Gasteiger partial charge in [0.1, 0.15) is 5.82 Å². The van der Waals surface area contributed by atoms with Gasteiger partial charge in [-0.3, -0.25) is 9.48 Å². The molecule has 0 aliphatic carbocycles. The Hall–Kier alpha value is -3.70. The van der Waals surface area contributed by atoms with Crippen LogP contribution in [0, 0.1) is 6.92 Å². The molecule has 5 rings (SSSR count). The fourth-order valence-corrected chi connectivity index (χ4v) is 4.02. The first-order chi connectivity index (χ1) is 15.7. The van der Waals surface area contributed by atoms with Crippen LogP contribution < -0.4 is 20.1 Å². The number of hydrogen-bond acceptors (Lipinski definition) is 6. The summed E-state index contributed by atoms with van der Waals surface area (Å²) in [6.07, 6.45) is -3.20. The van der Waals surface area contributed by atoms with Gasteiger partial charge in [0.05, 0.1) is 12.2 Å². The van der Waals surface area contributed by atoms with E-state index in [-0.39, 0.29) is 31.3 Å². The molecule has 2 aromatic heterocycles. The number of amides is 1. The molecule has 2 unspecified atom stereocenters. The molecule has 0 fully saturated rings. The molecular formula is C21H21F3N6O3. The molecule has 0 saturated heterocycles. The molecule has 2 atom stereocenters. The normalized spacial score (nSPS) is 19.2. The van der Waals surface area contributed by atoms with Crippen LogP contribution in [0.1, 0.15) is 45.8 Å². The van der Waals surface area contributed by atoms with Gasteiger partial charge in [-0.25, -0.2) is 4.68 Å². The molecule has 1 amide bonds. The summed E-state index contributed by atoms with van der Waals surface area (Å²) in [4.78, 5) is 12.6. The van der Waals surface area contributed by atoms with Crippen LogP contribution in [0.15, 0.2) is 30.5 Å². The Morgan fingerprint density at radius 1 is 1.27 bits per heavy atom. The minimum absolute atomic E-state index is 0.0753. The summed E-state index contributed by atoms with van der Waals surface area (Å²) in [5, 5.41) is 13.9. The van der Waals surface area contributed by atoms with Crippen molar-refractivity contribution in [3.05, 3.63) is 53.0 Å². The van der Waals surface area contributed by atoms with E-state index in [0.29, 0.717) is 17.1 Å². The highest BCUT2D eigenvalue weighted by Crippen LogP contribution is 2.45. The van der Waals surface area contributed by atoms with E-state index in [1.54, 1.807) is 36.1 Å². The molecule has 4 heterocycles. The van der Waals surface area contributed by atoms with Crippen molar-refractivity contribution in [2.75, 3.05) is 12.1 Å². The van der Waals surface area contributed by atoms with E-state index in [1.165, 1.54) is 6.07 Å². The highest BCUT2D eigenvalue weighted by molar-refractivity contribution is 5.93. The molecule has 0 spiro atoms. The summed E-state index contributed by atoms with van der Waals surface area (Å²) in [5.74, 6) is 0.592. The number of benzene rings is 1. The zero-order valence-corrected chi connectivity index (χ0v) is 17.8. The number of carbonyl (C=O) groups excluding carboxylic acids is 1. The maximum absolute atomic E-state index is 13.9. The first-order valence-corrected chi connectivity index (χ1v) is 10.3. The van der Waals surface area contributed by atoms with Crippen LogP contribution >= 0.6 is 0 Å². The smallest absolute Gasteiger partial charge is 0.410 e. The lowest BCUT2D eigenvalue weighted by atomic mass is 9.96. The van der Waals surface area contributed by atoms with E-state index < -0.39 is 24.2 Å². The topological polar surface area (TPSA) is 95.2 Å². The van der Waals surface area contributed by atoms with Gasteiger partial charge in [0.2, 0.25) is 6.79 Å². The van der Waals surface area contributed by atoms with Crippen LogP contribution in [0.4, 0.5) is 19.0 Å². The molecule has 2 N–H and O–H groups in total. The molecule has 0 radical (unpaired) electrons. The standard InChI is InChI=1S/C21H21F3N6O3/c1-11-13(9-26-29(11)2)8-25-20(31)15-7-19-27-14(6-18(21(22,23)24)30(19)28-15)12-3-4-16-17(5-12)33-10-32-16/h3-5,7,9,14,18,27H,6,8,10H2,1-2H3,(H,25,31). The first kappa shape index (κ1) is 21.2. The number of hydrogen-bond donors (Lipinski definition) is 2. The lowest BCUT2D eigenvalue weighted by Crippen LogP contribution is -2.35. The van der Waals surface area contributed by atoms with Crippen LogP contribution in [0.5, 0.6) is 11.5 Å². The second kappa shape index (κ2) is 7.71. The summed E-state index contributed by atoms with van der Waals surface area (Å²) in [7, 11) is 1.78. The van der Waals surface area contributed by atoms with Gasteiger partial charge in [0, 0.05) is 37.3 Å². The van der Waals surface area contributed by atoms with Crippen molar-refractivity contribution < 1.29 is 27.4 Å². The predicted molar refractivity (Wildman–Crippen MR) is 110 cm³/mol. The Morgan fingerprint density at radius 2 is 2.06 bits per heavy atom. The van der Waals surface area contributed by atoms with E-state index in [9.17, 15) is 18.0 Å². The van der Waals surface area contributed by atoms with Gasteiger partial charge in [-0.2, -0.15) is 23.4 Å². The number of nitrogens with one attached hydrogen (secondary N) is 2. The molecule has 3 aromatic rings. The number of aromatic nitrogens is 4. The van der Waals surface area contributed by atoms with Crippen molar-refractivity contribution in [2.45, 2.75) is 38.1 Å². The minimum Gasteiger partial charge on any atom is -0.454 e. The predicted octanol–water partition coefficient (Wildman–Crippen LogP) is 3.24. The fraction of sp³-hybridized carbons (Fsp3) is 0.381. The quantitative estimate of drug-likeness (QED) is 0.618. The Balaban J connectivity index is 1.39. The highest BCUT2D eigenvalue weighted by atomic mass is 19.4. The van der Waals surface area contributed by atoms with Gasteiger partial charge < -0.3 is 20.1 Å². The van der Waals surface area contributed by atoms with Crippen molar-refractivity contribution in [2.24, 2.45) is 7.05 Å². The third-order valence-corrected chi connectivity index (χ3v) is 6.00. The zero-order chi connectivity index (χ0) is 23.3. The van der Waals surface area contributed by atoms with Crippen LogP contribution in [0.2, 0.25) is 0 Å². The average Bonchev–Trinajstić information content (AvgIpc) is 3.49. The third kappa shape index (κ3) is 3.85. The summed E-state index contributed by atoms with van der Waals surface area (Å²) in [6, 6.07) is 3.85. The molecular weight excluding hydrogens is 441 g/mol. The third-order valence-electron chi connectivity index (χ3n) is 6.00. The number of anilines is 1. The largest absolute Gasteiger partial charge is 0.454 e. The second-order valence-electron chi connectivity index (χ2n) is 8.02. The maximum Gasteiger partial charge on any atom is 0.410 e. The monoisotopic (exact) mass is 462 g/mol. The molecule has 1 aromatic carbocycles. The van der Waals surface area contributed by atoms with Crippen molar-refractivity contribution in [3.63, 3.8) is 0 Å². The van der Waals surface area contributed by atoms with Gasteiger partial charge >= 0.3 is 6.18 Å². The van der Waals surface area contributed by atoms with Gasteiger partial charge in [-0.1, -0.05) is 6.07 Å². The summed E-state index contributed by atoms with van der Waals surface area (Å²) in [5.41, 5.74) is 2.22. The Morgan fingerprint density at radius 3 is 2.79 bits per heavy atom. The summed E-state index contributed by atoms with van der Waals surface area (Å²) < 4.78 is 54.9. The van der Waals surface area contributed by atoms with Crippen LogP contribution in [-0.2, 0) is 13.6 Å². The molecule has 2 aliphatic rings. The molecule has 0 bridgehead atoms. The molecule has 174 valence electrons. The second-order valence-corrected chi connectivity index (χ2v) is 8.02. The number of alkyl halides is 3. The van der Waals surface area contributed by atoms with Gasteiger partial charge in [-0.05, 0) is 24.6 Å². The highest BCUT2D eigenvalue weighted by Gasteiger charge is 2.47. The van der Waals surface area contributed by atoms with Crippen molar-refractivity contribution >= 4 is 11.7 Å². The van der Waals surface area contributed by atoms with E-state index in [1.807, 2.05) is 6.92 Å². The summed E-state index contributed by atoms with van der Waals surface area (Å²) in [6.45, 7) is 2.13. The van der Waals surface area contributed by atoms with E-state index in [2.05, 4.69) is 20.8 Å². The molecule has 2 aliphatic heterocycles. The first-order valence-electron chi connectivity index (χ1n) is 10.3. The van der Waals surface area contributed by atoms with Gasteiger partial charge in [0.15, 0.2) is 23.2 Å². The fourth-order valence-electron chi connectivity index (χ4n) is 4.02. The minimum atomic E-state index is -4.54. The zero-order valence-electron chi connectivity index (χ0n) is 17.8. The lowest BCUT2D eigenvalue weighted by Gasteiger charge is -2.33. The lowest BCUT2D eigenvalue weighted by molar-refractivity contribution is -0.173. The number of carbonyl (C=O) groups is 1. The number of aryl methyl sites for hydroxylation is 1. The van der Waals surface area contributed by atoms with Crippen LogP contribution in [-0.4, -0.2) is 38.4 Å². The van der Waals surface area contributed by atoms with Crippen LogP contribution in [0.3, 0.4) is 0 Å².